The van der Waals surface area contributed by atoms with Crippen LogP contribution in [-0.2, 0) is 38.1 Å². The molecule has 26 atom stereocenters. The molecule has 0 amide bonds. The highest BCUT2D eigenvalue weighted by Crippen LogP contribution is 2.63. The first-order valence-corrected chi connectivity index (χ1v) is 22.3. The molecule has 0 aromatic rings. The van der Waals surface area contributed by atoms with Crippen molar-refractivity contribution in [3.63, 3.8) is 0 Å². The number of fused-ring (bicyclic) bond motifs is 4. The second kappa shape index (κ2) is 18.2. The number of carbonyl (C=O) groups excluding carboxylic acids is 2. The van der Waals surface area contributed by atoms with E-state index in [0.717, 1.165) is 0 Å². The molecule has 62 heavy (non-hydrogen) atoms. The summed E-state index contributed by atoms with van der Waals surface area (Å²) in [5.74, 6) is -13.5. The molecule has 0 spiro atoms. The number of aliphatic hydroxyl groups is 10. The maximum Gasteiger partial charge on any atom is 0.306 e. The van der Waals surface area contributed by atoms with E-state index in [0.29, 0.717) is 25.7 Å². The normalized spacial score (nSPS) is 53.1. The molecule has 6 saturated carbocycles. The van der Waals surface area contributed by atoms with Gasteiger partial charge >= 0.3 is 11.9 Å². The number of aliphatic hydroxyl groups excluding tert-OH is 10. The van der Waals surface area contributed by atoms with Gasteiger partial charge < -0.3 is 80.2 Å². The molecule has 20 nitrogen and oxygen atoms in total. The van der Waals surface area contributed by atoms with Gasteiger partial charge in [-0.1, -0.05) is 12.8 Å². The Bertz CT molecular complexity index is 1540. The van der Waals surface area contributed by atoms with Gasteiger partial charge in [0.15, 0.2) is 12.6 Å². The van der Waals surface area contributed by atoms with E-state index in [2.05, 4.69) is 0 Å². The van der Waals surface area contributed by atoms with Crippen LogP contribution in [0.15, 0.2) is 0 Å². The molecule has 0 radical (unpaired) electrons. The van der Waals surface area contributed by atoms with Crippen LogP contribution in [0.5, 0.6) is 0 Å². The van der Waals surface area contributed by atoms with Gasteiger partial charge in [0.2, 0.25) is 0 Å². The molecule has 20 heteroatoms. The van der Waals surface area contributed by atoms with Crippen LogP contribution in [0.2, 0.25) is 0 Å². The van der Waals surface area contributed by atoms with Gasteiger partial charge in [-0.25, -0.2) is 0 Å². The van der Waals surface area contributed by atoms with Crippen molar-refractivity contribution in [2.24, 2.45) is 71.0 Å². The molecular weight excluding hydrogens is 824 g/mol. The summed E-state index contributed by atoms with van der Waals surface area (Å²) in [6.45, 7) is -1.45. The van der Waals surface area contributed by atoms with Crippen molar-refractivity contribution in [1.29, 1.82) is 0 Å². The lowest BCUT2D eigenvalue weighted by molar-refractivity contribution is -0.321. The van der Waals surface area contributed by atoms with E-state index in [1.165, 1.54) is 0 Å². The lowest BCUT2D eigenvalue weighted by atomic mass is 9.42. The van der Waals surface area contributed by atoms with Gasteiger partial charge in [-0.3, -0.25) is 19.2 Å². The van der Waals surface area contributed by atoms with Crippen molar-refractivity contribution in [3.05, 3.63) is 0 Å². The molecule has 14 unspecified atom stereocenters. The Balaban J connectivity index is 1.22. The van der Waals surface area contributed by atoms with Gasteiger partial charge in [0.05, 0.1) is 49.5 Å². The van der Waals surface area contributed by atoms with Crippen LogP contribution < -0.4 is 0 Å². The number of hydrogen-bond acceptors (Lipinski definition) is 18. The first-order chi connectivity index (χ1) is 29.5. The Morgan fingerprint density at radius 1 is 0.500 bits per heavy atom. The average molecular weight is 887 g/mol. The van der Waals surface area contributed by atoms with Gasteiger partial charge in [0.25, 0.3) is 0 Å². The predicted octanol–water partition coefficient (Wildman–Crippen LogP) is -3.24. The third kappa shape index (κ3) is 7.86. The second-order valence-electron chi connectivity index (χ2n) is 19.5. The molecule has 2 heterocycles. The fourth-order valence-electron chi connectivity index (χ4n) is 13.8. The SMILES string of the molecule is O=C(O)C1CC(O)C2C(=O)C3C(O[C@H]4O[C@@H](CO)[C@@H](O)[C@@H](O)[C@H]4O)CCCC3[C@H]([C@@H]3C4CC(C(=O)O)CC(O)C4C(=O)C4C(O[C@H]5O[C@@H](CO)[C@@H](O)[C@@H](O)[C@H]5O)CCCC43)C2C1. The highest BCUT2D eigenvalue weighted by Gasteiger charge is 2.66. The minimum atomic E-state index is -1.78. The first kappa shape index (κ1) is 46.3. The number of carboxylic acids is 2. The van der Waals surface area contributed by atoms with Crippen LogP contribution in [0.3, 0.4) is 0 Å². The Kier molecular flexibility index (Phi) is 13.6. The molecule has 2 aliphatic heterocycles. The maximum absolute atomic E-state index is 15.0. The highest BCUT2D eigenvalue weighted by molar-refractivity contribution is 5.88. The van der Waals surface area contributed by atoms with E-state index in [1.807, 2.05) is 0 Å². The molecule has 0 bridgehead atoms. The quantitative estimate of drug-likeness (QED) is 0.108. The summed E-state index contributed by atoms with van der Waals surface area (Å²) < 4.78 is 24.1. The monoisotopic (exact) mass is 886 g/mol. The van der Waals surface area contributed by atoms with Gasteiger partial charge in [0, 0.05) is 23.7 Å². The van der Waals surface area contributed by atoms with Crippen molar-refractivity contribution in [2.75, 3.05) is 13.2 Å². The topological polar surface area (TPSA) is 348 Å². The number of hydrogen-bond donors (Lipinski definition) is 12. The summed E-state index contributed by atoms with van der Waals surface area (Å²) in [6, 6.07) is 0. The second-order valence-corrected chi connectivity index (χ2v) is 19.5. The third-order valence-electron chi connectivity index (χ3n) is 16.4. The minimum absolute atomic E-state index is 0.0101. The minimum Gasteiger partial charge on any atom is -0.481 e. The van der Waals surface area contributed by atoms with Gasteiger partial charge in [-0.2, -0.15) is 0 Å². The summed E-state index contributed by atoms with van der Waals surface area (Å²) in [4.78, 5) is 55.3. The van der Waals surface area contributed by atoms with Crippen LogP contribution in [0, 0.1) is 71.0 Å². The van der Waals surface area contributed by atoms with E-state index in [1.54, 1.807) is 0 Å². The zero-order valence-electron chi connectivity index (χ0n) is 34.1. The first-order valence-electron chi connectivity index (χ1n) is 22.3. The third-order valence-corrected chi connectivity index (χ3v) is 16.4. The van der Waals surface area contributed by atoms with Crippen molar-refractivity contribution < 1.29 is 99.4 Å². The van der Waals surface area contributed by atoms with Crippen molar-refractivity contribution in [2.45, 2.75) is 150 Å². The summed E-state index contributed by atoms with van der Waals surface area (Å²) in [6.07, 6.45) is -19.3. The highest BCUT2D eigenvalue weighted by atomic mass is 16.7. The Labute approximate surface area is 356 Å². The van der Waals surface area contributed by atoms with E-state index in [4.69, 9.17) is 18.9 Å². The number of carbonyl (C=O) groups is 4. The maximum atomic E-state index is 15.0. The average Bonchev–Trinajstić information content (AvgIpc) is 3.24. The largest absolute Gasteiger partial charge is 0.481 e. The van der Waals surface area contributed by atoms with E-state index >= 15 is 0 Å². The zero-order chi connectivity index (χ0) is 44.6. The molecular formula is C42H62O20. The number of aliphatic carboxylic acids is 2. The van der Waals surface area contributed by atoms with Crippen molar-refractivity contribution in [1.82, 2.24) is 0 Å². The smallest absolute Gasteiger partial charge is 0.306 e. The number of carboxylic acid groups (broad SMARTS) is 2. The van der Waals surface area contributed by atoms with Crippen LogP contribution >= 0.6 is 0 Å². The molecule has 0 aromatic carbocycles. The number of ketones is 2. The molecule has 0 aromatic heterocycles. The fraction of sp³-hybridized carbons (Fsp3) is 0.905. The van der Waals surface area contributed by atoms with Gasteiger partial charge in [0.1, 0.15) is 60.4 Å². The standard InChI is InChI=1S/C42H62O20/c43-11-23-31(47)35(51)37(53)41(61-23)59-21-5-1-3-15-25(17-7-13(39(55)56)9-19(45)27(17)33(49)29(15)21)26-16-4-2-6-22(60-42-38(54)36(52)32(48)24(12-44)62-42)30(16)34(50)28-18(26)8-14(40(57)58)10-20(28)46/h13-32,35-38,41-48,51-54H,1-12H2,(H,55,56)(H,57,58)/t13?,14?,15?,16?,17?,18?,19?,20?,21?,22?,23-,24-,25-,26-,27?,28?,29?,30?,31+,32+,35+,36+,37+,38+,41-,42-/m0/s1. The van der Waals surface area contributed by atoms with Crippen LogP contribution in [0.25, 0.3) is 0 Å². The number of ether oxygens (including phenoxy) is 4. The molecule has 350 valence electrons. The van der Waals surface area contributed by atoms with E-state index < -0.39 is 182 Å². The predicted molar refractivity (Wildman–Crippen MR) is 203 cm³/mol. The van der Waals surface area contributed by atoms with Crippen molar-refractivity contribution >= 4 is 23.5 Å². The molecule has 8 fully saturated rings. The summed E-state index contributed by atoms with van der Waals surface area (Å²) in [5.41, 5.74) is 0. The van der Waals surface area contributed by atoms with E-state index in [9.17, 15) is 80.5 Å². The molecule has 2 saturated heterocycles. The number of rotatable bonds is 9. The van der Waals surface area contributed by atoms with E-state index in [-0.39, 0.29) is 50.1 Å². The lowest BCUT2D eigenvalue weighted by Crippen LogP contribution is -2.66. The Morgan fingerprint density at radius 2 is 0.871 bits per heavy atom. The fourth-order valence-corrected chi connectivity index (χ4v) is 13.8. The molecule has 6 aliphatic carbocycles. The Morgan fingerprint density at radius 3 is 1.21 bits per heavy atom. The summed E-state index contributed by atoms with van der Waals surface area (Å²) in [5, 5.41) is 128. The number of Topliss-reactive ketones (excluding diaryl/α,β-unsaturated/α-hetero) is 2. The zero-order valence-corrected chi connectivity index (χ0v) is 34.1. The molecule has 8 rings (SSSR count). The van der Waals surface area contributed by atoms with Crippen molar-refractivity contribution in [3.8, 4) is 0 Å². The van der Waals surface area contributed by atoms with Crippen LogP contribution in [-0.4, -0.2) is 184 Å². The molecule has 12 N–H and O–H groups in total. The van der Waals surface area contributed by atoms with Crippen LogP contribution in [0.4, 0.5) is 0 Å². The lowest BCUT2D eigenvalue weighted by Gasteiger charge is -2.62. The van der Waals surface area contributed by atoms with Gasteiger partial charge in [-0.05, 0) is 86.9 Å². The molecule has 8 aliphatic rings. The Hall–Kier alpha value is -2.28. The summed E-state index contributed by atoms with van der Waals surface area (Å²) in [7, 11) is 0. The summed E-state index contributed by atoms with van der Waals surface area (Å²) >= 11 is 0. The van der Waals surface area contributed by atoms with Gasteiger partial charge in [-0.15, -0.1) is 0 Å². The van der Waals surface area contributed by atoms with Crippen LogP contribution in [0.1, 0.15) is 64.2 Å².